The van der Waals surface area contributed by atoms with Crippen LogP contribution in [0.4, 0.5) is 0 Å². The zero-order valence-corrected chi connectivity index (χ0v) is 12.0. The Morgan fingerprint density at radius 3 is 0.727 bits per heavy atom. The van der Waals surface area contributed by atoms with E-state index in [1.54, 1.807) is 0 Å². The van der Waals surface area contributed by atoms with E-state index in [9.17, 15) is 0 Å². The zero-order chi connectivity index (χ0) is 4.50. The standard InChI is InChI=1S/4ClH.H2O4S.2Ti/c;;;;1-5(2,3)4;;/h4*1H;(H2,1,2,3,4);;. The maximum atomic E-state index is 8.74. The molecule has 0 aromatic carbocycles. The molecule has 0 bridgehead atoms. The fourth-order valence-corrected chi connectivity index (χ4v) is 0. The summed E-state index contributed by atoms with van der Waals surface area (Å²) in [4.78, 5) is 0. The monoisotopic (exact) mass is 338 g/mol. The molecule has 0 aliphatic heterocycles. The minimum absolute atomic E-state index is 0. The van der Waals surface area contributed by atoms with E-state index < -0.39 is 10.4 Å². The molecule has 11 heteroatoms. The molecule has 0 saturated carbocycles. The van der Waals surface area contributed by atoms with Crippen molar-refractivity contribution in [3.63, 3.8) is 0 Å². The molecule has 0 aromatic rings. The fourth-order valence-electron chi connectivity index (χ4n) is 0. The van der Waals surface area contributed by atoms with Crippen LogP contribution in [0.5, 0.6) is 0 Å². The van der Waals surface area contributed by atoms with Crippen LogP contribution in [0.25, 0.3) is 0 Å². The predicted molar refractivity (Wildman–Crippen MR) is 43.2 cm³/mol. The van der Waals surface area contributed by atoms with Crippen LogP contribution in [-0.4, -0.2) is 17.5 Å². The van der Waals surface area contributed by atoms with Crippen LogP contribution in [0.1, 0.15) is 0 Å². The number of halogens is 4. The quantitative estimate of drug-likeness (QED) is 0.510. The Labute approximate surface area is 120 Å². The van der Waals surface area contributed by atoms with Gasteiger partial charge in [-0.15, -0.1) is 49.6 Å². The zero-order valence-electron chi connectivity index (χ0n) is 4.75. The summed E-state index contributed by atoms with van der Waals surface area (Å²) in [5.41, 5.74) is 0. The molecule has 0 aliphatic rings. The summed E-state index contributed by atoms with van der Waals surface area (Å²) in [6.07, 6.45) is 0. The molecule has 0 rings (SSSR count). The Balaban J connectivity index is -0.00000000533. The van der Waals surface area contributed by atoms with Crippen LogP contribution in [0.3, 0.4) is 0 Å². The van der Waals surface area contributed by atoms with Gasteiger partial charge in [-0.05, 0) is 0 Å². The van der Waals surface area contributed by atoms with E-state index in [-0.39, 0.29) is 93.1 Å². The van der Waals surface area contributed by atoms with E-state index in [2.05, 4.69) is 0 Å². The molecule has 72 valence electrons. The van der Waals surface area contributed by atoms with Crippen molar-refractivity contribution in [1.82, 2.24) is 0 Å². The molecule has 2 N–H and O–H groups in total. The first kappa shape index (κ1) is 50.1. The SMILES string of the molecule is Cl.Cl.Cl.Cl.O=S(=O)(O)O.[Ti].[Ti]. The molecule has 0 atom stereocenters. The second-order valence-corrected chi connectivity index (χ2v) is 1.34. The Morgan fingerprint density at radius 1 is 0.727 bits per heavy atom. The first-order chi connectivity index (χ1) is 2.00. The summed E-state index contributed by atoms with van der Waals surface area (Å²) in [5, 5.41) is 0. The Morgan fingerprint density at radius 2 is 0.727 bits per heavy atom. The molecule has 0 radical (unpaired) electrons. The summed E-state index contributed by atoms with van der Waals surface area (Å²) >= 11 is 0. The summed E-state index contributed by atoms with van der Waals surface area (Å²) in [7, 11) is -4.67. The summed E-state index contributed by atoms with van der Waals surface area (Å²) < 4.78 is 31.6. The Kier molecular flexibility index (Phi) is 104. The summed E-state index contributed by atoms with van der Waals surface area (Å²) in [5.74, 6) is 0. The molecule has 11 heavy (non-hydrogen) atoms. The van der Waals surface area contributed by atoms with Crippen molar-refractivity contribution in [2.75, 3.05) is 0 Å². The maximum absolute atomic E-state index is 8.74. The first-order valence-corrected chi connectivity index (χ1v) is 2.10. The van der Waals surface area contributed by atoms with Gasteiger partial charge in [0.15, 0.2) is 0 Å². The van der Waals surface area contributed by atoms with Gasteiger partial charge in [0, 0.05) is 43.4 Å². The van der Waals surface area contributed by atoms with Gasteiger partial charge < -0.3 is 0 Å². The van der Waals surface area contributed by atoms with Crippen LogP contribution in [0, 0.1) is 0 Å². The second kappa shape index (κ2) is 22.9. The van der Waals surface area contributed by atoms with E-state index in [0.717, 1.165) is 0 Å². The van der Waals surface area contributed by atoms with Crippen molar-refractivity contribution >= 4 is 60.0 Å². The van der Waals surface area contributed by atoms with E-state index >= 15 is 0 Å². The van der Waals surface area contributed by atoms with Crippen LogP contribution >= 0.6 is 49.6 Å². The average molecular weight is 340 g/mol. The Hall–Kier alpha value is 2.46. The van der Waals surface area contributed by atoms with Crippen molar-refractivity contribution in [1.29, 1.82) is 0 Å². The van der Waals surface area contributed by atoms with Gasteiger partial charge >= 0.3 is 10.4 Å². The van der Waals surface area contributed by atoms with Crippen LogP contribution in [-0.2, 0) is 53.8 Å². The van der Waals surface area contributed by atoms with E-state index in [4.69, 9.17) is 17.5 Å². The van der Waals surface area contributed by atoms with Crippen molar-refractivity contribution < 1.29 is 61.0 Å². The van der Waals surface area contributed by atoms with Gasteiger partial charge in [0.1, 0.15) is 0 Å². The molecule has 0 fully saturated rings. The molecular weight excluding hydrogens is 334 g/mol. The van der Waals surface area contributed by atoms with Crippen LogP contribution in [0.15, 0.2) is 0 Å². The molecule has 0 unspecified atom stereocenters. The minimum Gasteiger partial charge on any atom is -0.264 e. The largest absolute Gasteiger partial charge is 0.394 e. The predicted octanol–water partition coefficient (Wildman–Crippen LogP) is 1.03. The minimum atomic E-state index is -4.67. The number of rotatable bonds is 0. The molecule has 0 heterocycles. The molecule has 0 aromatic heterocycles. The van der Waals surface area contributed by atoms with Crippen molar-refractivity contribution in [2.24, 2.45) is 0 Å². The van der Waals surface area contributed by atoms with Crippen LogP contribution < -0.4 is 0 Å². The molecular formula is H6Cl4O4STi2. The van der Waals surface area contributed by atoms with Crippen molar-refractivity contribution in [3.8, 4) is 0 Å². The molecule has 4 nitrogen and oxygen atoms in total. The van der Waals surface area contributed by atoms with E-state index in [1.807, 2.05) is 0 Å². The molecule has 0 spiro atoms. The summed E-state index contributed by atoms with van der Waals surface area (Å²) in [6, 6.07) is 0. The maximum Gasteiger partial charge on any atom is 0.394 e. The summed E-state index contributed by atoms with van der Waals surface area (Å²) in [6.45, 7) is 0. The van der Waals surface area contributed by atoms with E-state index in [1.165, 1.54) is 0 Å². The fraction of sp³-hybridized carbons (Fsp3) is 0. The van der Waals surface area contributed by atoms with Gasteiger partial charge in [-0.3, -0.25) is 9.11 Å². The van der Waals surface area contributed by atoms with Gasteiger partial charge in [-0.2, -0.15) is 8.42 Å². The Bertz CT molecular complexity index is 103. The normalized spacial score (nSPS) is 5.27. The first-order valence-electron chi connectivity index (χ1n) is 0.698. The third-order valence-electron chi connectivity index (χ3n) is 0. The third kappa shape index (κ3) is 225. The van der Waals surface area contributed by atoms with E-state index in [0.29, 0.717) is 0 Å². The van der Waals surface area contributed by atoms with Gasteiger partial charge in [0.2, 0.25) is 0 Å². The molecule has 0 amide bonds. The van der Waals surface area contributed by atoms with Crippen LogP contribution in [0.2, 0.25) is 0 Å². The number of hydrogen-bond donors (Lipinski definition) is 2. The third-order valence-corrected chi connectivity index (χ3v) is 0. The average Bonchev–Trinajstić information content (AvgIpc) is 0.722. The van der Waals surface area contributed by atoms with Gasteiger partial charge in [-0.1, -0.05) is 0 Å². The van der Waals surface area contributed by atoms with Gasteiger partial charge in [-0.25, -0.2) is 0 Å². The van der Waals surface area contributed by atoms with Crippen molar-refractivity contribution in [2.45, 2.75) is 0 Å². The van der Waals surface area contributed by atoms with Crippen molar-refractivity contribution in [3.05, 3.63) is 0 Å². The van der Waals surface area contributed by atoms with Gasteiger partial charge in [0.25, 0.3) is 0 Å². The smallest absolute Gasteiger partial charge is 0.264 e. The topological polar surface area (TPSA) is 74.6 Å². The van der Waals surface area contributed by atoms with Gasteiger partial charge in [0.05, 0.1) is 0 Å². The molecule has 0 aliphatic carbocycles. The number of hydrogen-bond acceptors (Lipinski definition) is 2. The second-order valence-electron chi connectivity index (χ2n) is 0.448. The molecule has 0 saturated heterocycles.